The van der Waals surface area contributed by atoms with Crippen LogP contribution in [0, 0.1) is 0 Å². The summed E-state index contributed by atoms with van der Waals surface area (Å²) in [5.41, 5.74) is 2.12. The molecule has 2 amide bonds. The molecule has 1 aliphatic carbocycles. The molecule has 0 aromatic heterocycles. The molecule has 4 nitrogen and oxygen atoms in total. The number of nitrogens with one attached hydrogen (secondary N) is 1. The molecule has 0 bridgehead atoms. The summed E-state index contributed by atoms with van der Waals surface area (Å²) in [6.45, 7) is 0. The summed E-state index contributed by atoms with van der Waals surface area (Å²) in [6, 6.07) is 12.2. The van der Waals surface area contributed by atoms with Crippen LogP contribution >= 0.6 is 15.9 Å². The summed E-state index contributed by atoms with van der Waals surface area (Å²) >= 11 is 3.38. The Hall–Kier alpha value is -2.54. The number of alkyl halides is 2. The van der Waals surface area contributed by atoms with E-state index in [9.17, 15) is 18.4 Å². The normalized spacial score (nSPS) is 19.7. The summed E-state index contributed by atoms with van der Waals surface area (Å²) in [4.78, 5) is 27.1. The Kier molecular flexibility index (Phi) is 5.02. The Bertz CT molecular complexity index is 973. The van der Waals surface area contributed by atoms with Gasteiger partial charge in [-0.15, -0.1) is 0 Å². The largest absolute Gasteiger partial charge is 0.327 e. The number of nitrogens with zero attached hydrogens (tertiary/aromatic N) is 1. The van der Waals surface area contributed by atoms with Crippen LogP contribution in [0.3, 0.4) is 0 Å². The molecule has 4 rings (SSSR count). The number of hydrogen-bond donors (Lipinski definition) is 1. The molecule has 0 saturated heterocycles. The third-order valence-corrected chi connectivity index (χ3v) is 5.57. The maximum absolute atomic E-state index is 13.1. The van der Waals surface area contributed by atoms with E-state index in [0.717, 1.165) is 10.0 Å². The Morgan fingerprint density at radius 3 is 2.54 bits per heavy atom. The number of urea groups is 1. The number of ketones is 1. The summed E-state index contributed by atoms with van der Waals surface area (Å²) in [5.74, 6) is -0.0239. The van der Waals surface area contributed by atoms with Gasteiger partial charge in [-0.3, -0.25) is 9.69 Å². The first kappa shape index (κ1) is 18.8. The summed E-state index contributed by atoms with van der Waals surface area (Å²) in [7, 11) is 0. The second kappa shape index (κ2) is 7.47. The van der Waals surface area contributed by atoms with Gasteiger partial charge in [0.25, 0.3) is 6.43 Å². The number of anilines is 1. The number of Topliss-reactive ketones (excluding diaryl/α,β-unsaturated/α-hetero) is 1. The number of benzene rings is 2. The number of carbonyl (C=O) groups excluding carboxylic acids is 2. The van der Waals surface area contributed by atoms with Crippen molar-refractivity contribution >= 4 is 33.4 Å². The fourth-order valence-electron chi connectivity index (χ4n) is 3.77. The Morgan fingerprint density at radius 2 is 1.82 bits per heavy atom. The predicted molar refractivity (Wildman–Crippen MR) is 105 cm³/mol. The second-order valence-electron chi connectivity index (χ2n) is 6.80. The van der Waals surface area contributed by atoms with E-state index in [0.29, 0.717) is 36.2 Å². The van der Waals surface area contributed by atoms with Gasteiger partial charge in [-0.05, 0) is 42.7 Å². The number of allylic oxidation sites excluding steroid dienone is 1. The third kappa shape index (κ3) is 3.35. The molecule has 0 saturated carbocycles. The molecule has 0 radical (unpaired) electrons. The first-order chi connectivity index (χ1) is 13.5. The van der Waals surface area contributed by atoms with Crippen molar-refractivity contribution in [2.45, 2.75) is 31.7 Å². The molecule has 1 N–H and O–H groups in total. The standard InChI is InChI=1S/C21H17BrF2N2O2/c22-14-9-7-12(8-10-14)19-18-16(5-2-6-17(18)27)26(21(28)25-19)15-4-1-3-13(11-15)20(23)24/h1,3-4,7-11,19-20H,2,5-6H2,(H,25,28). The van der Waals surface area contributed by atoms with Crippen molar-refractivity contribution in [2.75, 3.05) is 4.90 Å². The first-order valence-electron chi connectivity index (χ1n) is 8.96. The molecule has 0 fully saturated rings. The van der Waals surface area contributed by atoms with E-state index in [4.69, 9.17) is 0 Å². The minimum absolute atomic E-state index is 0.0239. The van der Waals surface area contributed by atoms with Crippen LogP contribution in [-0.2, 0) is 4.79 Å². The van der Waals surface area contributed by atoms with Gasteiger partial charge in [-0.25, -0.2) is 13.6 Å². The van der Waals surface area contributed by atoms with Crippen molar-refractivity contribution in [3.63, 3.8) is 0 Å². The van der Waals surface area contributed by atoms with Crippen LogP contribution in [-0.4, -0.2) is 11.8 Å². The lowest BCUT2D eigenvalue weighted by Crippen LogP contribution is -2.49. The van der Waals surface area contributed by atoms with E-state index in [-0.39, 0.29) is 11.3 Å². The van der Waals surface area contributed by atoms with E-state index < -0.39 is 18.5 Å². The maximum Gasteiger partial charge on any atom is 0.327 e. The molecule has 1 heterocycles. The molecule has 2 aromatic rings. The molecule has 1 aliphatic heterocycles. The van der Waals surface area contributed by atoms with Crippen LogP contribution in [0.5, 0.6) is 0 Å². The average molecular weight is 447 g/mol. The Labute approximate surface area is 169 Å². The molecule has 0 spiro atoms. The molecule has 1 unspecified atom stereocenters. The van der Waals surface area contributed by atoms with Crippen molar-refractivity contribution in [1.29, 1.82) is 0 Å². The summed E-state index contributed by atoms with van der Waals surface area (Å²) < 4.78 is 27.2. The van der Waals surface area contributed by atoms with Crippen molar-refractivity contribution in [2.24, 2.45) is 0 Å². The van der Waals surface area contributed by atoms with Gasteiger partial charge in [-0.2, -0.15) is 0 Å². The number of amides is 2. The van der Waals surface area contributed by atoms with Crippen LogP contribution in [0.25, 0.3) is 0 Å². The van der Waals surface area contributed by atoms with Crippen molar-refractivity contribution < 1.29 is 18.4 Å². The van der Waals surface area contributed by atoms with Crippen molar-refractivity contribution in [3.8, 4) is 0 Å². The molecule has 2 aliphatic rings. The lowest BCUT2D eigenvalue weighted by molar-refractivity contribution is -0.116. The van der Waals surface area contributed by atoms with Crippen LogP contribution in [0.4, 0.5) is 19.3 Å². The topological polar surface area (TPSA) is 49.4 Å². The third-order valence-electron chi connectivity index (χ3n) is 5.04. The van der Waals surface area contributed by atoms with Gasteiger partial charge in [0.2, 0.25) is 0 Å². The van der Waals surface area contributed by atoms with E-state index in [1.165, 1.54) is 23.1 Å². The quantitative estimate of drug-likeness (QED) is 0.660. The fraction of sp³-hybridized carbons (Fsp3) is 0.238. The van der Waals surface area contributed by atoms with Gasteiger partial charge < -0.3 is 5.32 Å². The van der Waals surface area contributed by atoms with E-state index in [2.05, 4.69) is 21.2 Å². The van der Waals surface area contributed by atoms with Crippen LogP contribution in [0.1, 0.15) is 42.9 Å². The smallest absolute Gasteiger partial charge is 0.326 e. The fourth-order valence-corrected chi connectivity index (χ4v) is 4.03. The zero-order valence-electron chi connectivity index (χ0n) is 14.8. The molecule has 28 heavy (non-hydrogen) atoms. The van der Waals surface area contributed by atoms with E-state index >= 15 is 0 Å². The minimum atomic E-state index is -2.63. The van der Waals surface area contributed by atoms with Crippen molar-refractivity contribution in [3.05, 3.63) is 75.4 Å². The van der Waals surface area contributed by atoms with Crippen LogP contribution in [0.15, 0.2) is 64.3 Å². The minimum Gasteiger partial charge on any atom is -0.326 e. The molecular formula is C21H17BrF2N2O2. The predicted octanol–water partition coefficient (Wildman–Crippen LogP) is 5.66. The van der Waals surface area contributed by atoms with E-state index in [1.54, 1.807) is 6.07 Å². The van der Waals surface area contributed by atoms with Gasteiger partial charge in [0, 0.05) is 27.7 Å². The molecule has 144 valence electrons. The number of hydrogen-bond acceptors (Lipinski definition) is 2. The Balaban J connectivity index is 1.83. The second-order valence-corrected chi connectivity index (χ2v) is 7.72. The SMILES string of the molecule is O=C1CCCC2=C1C(c1ccc(Br)cc1)NC(=O)N2c1cccc(C(F)F)c1. The number of rotatable bonds is 3. The number of carbonyl (C=O) groups is 2. The zero-order chi connectivity index (χ0) is 19.8. The van der Waals surface area contributed by atoms with Crippen LogP contribution < -0.4 is 10.2 Å². The van der Waals surface area contributed by atoms with Gasteiger partial charge in [0.15, 0.2) is 5.78 Å². The van der Waals surface area contributed by atoms with Crippen LogP contribution in [0.2, 0.25) is 0 Å². The van der Waals surface area contributed by atoms with Crippen molar-refractivity contribution in [1.82, 2.24) is 5.32 Å². The lowest BCUT2D eigenvalue weighted by Gasteiger charge is -2.39. The first-order valence-corrected chi connectivity index (χ1v) is 9.75. The van der Waals surface area contributed by atoms with Gasteiger partial charge >= 0.3 is 6.03 Å². The van der Waals surface area contributed by atoms with Gasteiger partial charge in [0.1, 0.15) is 0 Å². The molecule has 7 heteroatoms. The highest BCUT2D eigenvalue weighted by atomic mass is 79.9. The Morgan fingerprint density at radius 1 is 1.07 bits per heavy atom. The maximum atomic E-state index is 13.1. The highest BCUT2D eigenvalue weighted by molar-refractivity contribution is 9.10. The summed E-state index contributed by atoms with van der Waals surface area (Å²) in [5, 5.41) is 2.88. The van der Waals surface area contributed by atoms with Gasteiger partial charge in [-0.1, -0.05) is 40.2 Å². The van der Waals surface area contributed by atoms with E-state index in [1.807, 2.05) is 24.3 Å². The average Bonchev–Trinajstić information content (AvgIpc) is 2.68. The monoisotopic (exact) mass is 446 g/mol. The highest BCUT2D eigenvalue weighted by Gasteiger charge is 2.39. The molecular weight excluding hydrogens is 430 g/mol. The van der Waals surface area contributed by atoms with Gasteiger partial charge in [0.05, 0.1) is 11.7 Å². The number of halogens is 3. The molecule has 2 aromatic carbocycles. The summed E-state index contributed by atoms with van der Waals surface area (Å²) in [6.07, 6.45) is -1.06. The highest BCUT2D eigenvalue weighted by Crippen LogP contribution is 2.40. The zero-order valence-corrected chi connectivity index (χ0v) is 16.4. The molecule has 1 atom stereocenters. The lowest BCUT2D eigenvalue weighted by atomic mass is 9.84.